The number of rotatable bonds is 11. The maximum atomic E-state index is 9.15. The highest BCUT2D eigenvalue weighted by atomic mass is 35.5. The lowest BCUT2D eigenvalue weighted by molar-refractivity contribution is 0.152. The third-order valence-electron chi connectivity index (χ3n) is 4.00. The Morgan fingerprint density at radius 3 is 2.09 bits per heavy atom. The summed E-state index contributed by atoms with van der Waals surface area (Å²) in [5.41, 5.74) is 7.15. The molecule has 0 aliphatic heterocycles. The van der Waals surface area contributed by atoms with Gasteiger partial charge in [0.15, 0.2) is 0 Å². The summed E-state index contributed by atoms with van der Waals surface area (Å²) in [6.07, 6.45) is 12.6. The Bertz CT molecular complexity index is 428. The van der Waals surface area contributed by atoms with Gasteiger partial charge in [-0.15, -0.1) is 12.4 Å². The second-order valence-electron chi connectivity index (χ2n) is 6.14. The van der Waals surface area contributed by atoms with Crippen LogP contribution in [-0.4, -0.2) is 29.0 Å². The minimum Gasteiger partial charge on any atom is -0.394 e. The Balaban J connectivity index is 0.00000484. The lowest BCUT2D eigenvalue weighted by atomic mass is 10.0. The predicted octanol–water partition coefficient (Wildman–Crippen LogP) is 3.71. The molecule has 4 heteroatoms. The van der Waals surface area contributed by atoms with Gasteiger partial charge in [-0.05, 0) is 24.0 Å². The molecular formula is C19H32ClNO2. The van der Waals surface area contributed by atoms with Crippen LogP contribution in [0.4, 0.5) is 0 Å². The first kappa shape index (κ1) is 22.1. The molecular weight excluding hydrogens is 310 g/mol. The summed E-state index contributed by atoms with van der Waals surface area (Å²) in [4.78, 5) is 0. The summed E-state index contributed by atoms with van der Waals surface area (Å²) >= 11 is 0. The number of unbranched alkanes of at least 4 members (excludes halogenated alkanes) is 5. The number of aryl methyl sites for hydroxylation is 1. The second-order valence-corrected chi connectivity index (χ2v) is 6.14. The normalized spacial score (nSPS) is 11.7. The largest absolute Gasteiger partial charge is 0.394 e. The average Bonchev–Trinajstić information content (AvgIpc) is 2.57. The number of hydrogen-bond donors (Lipinski definition) is 3. The fourth-order valence-corrected chi connectivity index (χ4v) is 2.32. The summed E-state index contributed by atoms with van der Waals surface area (Å²) in [6.45, 7) is 1.71. The predicted molar refractivity (Wildman–Crippen MR) is 101 cm³/mol. The zero-order valence-electron chi connectivity index (χ0n) is 14.2. The van der Waals surface area contributed by atoms with Crippen LogP contribution >= 0.6 is 12.4 Å². The van der Waals surface area contributed by atoms with Crippen molar-refractivity contribution in [3.8, 4) is 0 Å². The summed E-state index contributed by atoms with van der Waals surface area (Å²) in [6, 6.07) is 8.39. The molecule has 0 bridgehead atoms. The van der Waals surface area contributed by atoms with E-state index in [-0.39, 0.29) is 25.6 Å². The maximum absolute atomic E-state index is 9.15. The maximum Gasteiger partial charge on any atom is 0.0811 e. The molecule has 0 aliphatic rings. The molecule has 3 nitrogen and oxygen atoms in total. The van der Waals surface area contributed by atoms with Crippen molar-refractivity contribution in [2.75, 3.05) is 13.2 Å². The average molecular weight is 342 g/mol. The first-order valence-corrected chi connectivity index (χ1v) is 8.42. The van der Waals surface area contributed by atoms with Crippen molar-refractivity contribution in [3.63, 3.8) is 0 Å². The van der Waals surface area contributed by atoms with Crippen molar-refractivity contribution in [1.29, 1.82) is 0 Å². The Hall–Kier alpha value is -0.870. The topological polar surface area (TPSA) is 66.5 Å². The molecule has 0 amide bonds. The first-order chi connectivity index (χ1) is 10.6. The zero-order chi connectivity index (χ0) is 16.3. The lowest BCUT2D eigenvalue weighted by Crippen LogP contribution is -2.45. The molecule has 0 unspecified atom stereocenters. The van der Waals surface area contributed by atoms with Gasteiger partial charge in [0.05, 0.1) is 18.8 Å². The lowest BCUT2D eigenvalue weighted by Gasteiger charge is -2.19. The smallest absolute Gasteiger partial charge is 0.0811 e. The van der Waals surface area contributed by atoms with Gasteiger partial charge in [0, 0.05) is 0 Å². The van der Waals surface area contributed by atoms with E-state index in [9.17, 15) is 0 Å². The SMILES string of the molecule is CCCCCCCCc1ccc(C=CC(N)(CO)CO)cc1.Cl. The van der Waals surface area contributed by atoms with E-state index in [0.717, 1.165) is 12.0 Å². The molecule has 0 saturated carbocycles. The standard InChI is InChI=1S/C19H31NO2.ClH/c1-2-3-4-5-6-7-8-17-9-11-18(12-10-17)13-14-19(20,15-21)16-22;/h9-14,21-22H,2-8,15-16,20H2,1H3;1H. The highest BCUT2D eigenvalue weighted by Gasteiger charge is 2.18. The minimum atomic E-state index is -1.04. The molecule has 0 aromatic heterocycles. The monoisotopic (exact) mass is 341 g/mol. The highest BCUT2D eigenvalue weighted by molar-refractivity contribution is 5.85. The van der Waals surface area contributed by atoms with Crippen LogP contribution in [0.5, 0.6) is 0 Å². The van der Waals surface area contributed by atoms with Crippen molar-refractivity contribution < 1.29 is 10.2 Å². The van der Waals surface area contributed by atoms with Gasteiger partial charge in [-0.2, -0.15) is 0 Å². The van der Waals surface area contributed by atoms with E-state index in [2.05, 4.69) is 31.2 Å². The van der Waals surface area contributed by atoms with E-state index in [1.54, 1.807) is 6.08 Å². The van der Waals surface area contributed by atoms with Crippen molar-refractivity contribution >= 4 is 18.5 Å². The van der Waals surface area contributed by atoms with Crippen LogP contribution < -0.4 is 5.73 Å². The van der Waals surface area contributed by atoms with E-state index < -0.39 is 5.54 Å². The molecule has 0 spiro atoms. The molecule has 0 heterocycles. The fourth-order valence-electron chi connectivity index (χ4n) is 2.32. The molecule has 0 aliphatic carbocycles. The fraction of sp³-hybridized carbons (Fsp3) is 0.579. The van der Waals surface area contributed by atoms with Crippen LogP contribution in [0.15, 0.2) is 30.3 Å². The van der Waals surface area contributed by atoms with Crippen molar-refractivity contribution in [2.24, 2.45) is 5.73 Å². The molecule has 1 aromatic rings. The van der Waals surface area contributed by atoms with Crippen LogP contribution in [0.25, 0.3) is 6.08 Å². The van der Waals surface area contributed by atoms with Gasteiger partial charge < -0.3 is 15.9 Å². The third-order valence-corrected chi connectivity index (χ3v) is 4.00. The van der Waals surface area contributed by atoms with Gasteiger partial charge in [-0.3, -0.25) is 0 Å². The van der Waals surface area contributed by atoms with Crippen LogP contribution in [-0.2, 0) is 6.42 Å². The van der Waals surface area contributed by atoms with E-state index in [1.165, 1.54) is 44.1 Å². The van der Waals surface area contributed by atoms with Crippen molar-refractivity contribution in [2.45, 2.75) is 57.4 Å². The molecule has 1 rings (SSSR count). The van der Waals surface area contributed by atoms with Crippen LogP contribution in [0.2, 0.25) is 0 Å². The quantitative estimate of drug-likeness (QED) is 0.537. The Morgan fingerprint density at radius 1 is 0.957 bits per heavy atom. The van der Waals surface area contributed by atoms with Crippen molar-refractivity contribution in [3.05, 3.63) is 41.5 Å². The van der Waals surface area contributed by atoms with Crippen LogP contribution in [0, 0.1) is 0 Å². The second kappa shape index (κ2) is 12.5. The van der Waals surface area contributed by atoms with Gasteiger partial charge in [0.2, 0.25) is 0 Å². The molecule has 23 heavy (non-hydrogen) atoms. The van der Waals surface area contributed by atoms with Gasteiger partial charge >= 0.3 is 0 Å². The van der Waals surface area contributed by atoms with E-state index in [4.69, 9.17) is 15.9 Å². The van der Waals surface area contributed by atoms with Crippen molar-refractivity contribution in [1.82, 2.24) is 0 Å². The molecule has 0 saturated heterocycles. The molecule has 132 valence electrons. The molecule has 1 aromatic carbocycles. The van der Waals surface area contributed by atoms with Gasteiger partial charge in [0.1, 0.15) is 0 Å². The first-order valence-electron chi connectivity index (χ1n) is 8.42. The number of aliphatic hydroxyl groups excluding tert-OH is 2. The van der Waals surface area contributed by atoms with E-state index in [1.807, 2.05) is 6.08 Å². The number of nitrogens with two attached hydrogens (primary N) is 1. The third kappa shape index (κ3) is 9.11. The number of halogens is 1. The number of hydrogen-bond acceptors (Lipinski definition) is 3. The summed E-state index contributed by atoms with van der Waals surface area (Å²) in [7, 11) is 0. The van der Waals surface area contributed by atoms with Crippen LogP contribution in [0.3, 0.4) is 0 Å². The Labute approximate surface area is 147 Å². The minimum absolute atomic E-state index is 0. The summed E-state index contributed by atoms with van der Waals surface area (Å²) < 4.78 is 0. The Morgan fingerprint density at radius 2 is 1.52 bits per heavy atom. The number of aliphatic hydroxyl groups is 2. The van der Waals surface area contributed by atoms with Gasteiger partial charge in [0.25, 0.3) is 0 Å². The van der Waals surface area contributed by atoms with Gasteiger partial charge in [-0.25, -0.2) is 0 Å². The molecule has 4 N–H and O–H groups in total. The van der Waals surface area contributed by atoms with E-state index >= 15 is 0 Å². The molecule has 0 atom stereocenters. The molecule has 0 fully saturated rings. The molecule has 0 radical (unpaired) electrons. The highest BCUT2D eigenvalue weighted by Crippen LogP contribution is 2.13. The van der Waals surface area contributed by atoms with Gasteiger partial charge in [-0.1, -0.05) is 75.4 Å². The Kier molecular flexibility index (Phi) is 12.1. The van der Waals surface area contributed by atoms with E-state index in [0.29, 0.717) is 0 Å². The van der Waals surface area contributed by atoms with Crippen LogP contribution in [0.1, 0.15) is 56.6 Å². The zero-order valence-corrected chi connectivity index (χ0v) is 15.0. The summed E-state index contributed by atoms with van der Waals surface area (Å²) in [5, 5.41) is 18.3. The number of benzene rings is 1. The summed E-state index contributed by atoms with van der Waals surface area (Å²) in [5.74, 6) is 0.